The lowest BCUT2D eigenvalue weighted by Gasteiger charge is -2.21. The molecule has 146 valence electrons. The smallest absolute Gasteiger partial charge is 0.326 e. The molecule has 13 nitrogen and oxygen atoms in total. The fourth-order valence-corrected chi connectivity index (χ4v) is 1.69. The van der Waals surface area contributed by atoms with Crippen LogP contribution in [0.5, 0.6) is 0 Å². The van der Waals surface area contributed by atoms with E-state index in [1.165, 1.54) is 0 Å². The lowest BCUT2D eigenvalue weighted by molar-refractivity contribution is -0.147. The summed E-state index contributed by atoms with van der Waals surface area (Å²) in [5, 5.41) is 32.3. The number of carboxylic acids is 3. The monoisotopic (exact) mass is 376 g/mol. The topological polar surface area (TPSA) is 225 Å². The van der Waals surface area contributed by atoms with Crippen LogP contribution in [0.25, 0.3) is 0 Å². The van der Waals surface area contributed by atoms with Crippen molar-refractivity contribution < 1.29 is 44.1 Å². The zero-order valence-electron chi connectivity index (χ0n) is 13.7. The van der Waals surface area contributed by atoms with Crippen LogP contribution in [-0.4, -0.2) is 75.6 Å². The SMILES string of the molecule is CC(NC(=O)C(CC(=O)O)NC(=O)CN)C(=O)NC(CC(=O)O)C(=O)O. The lowest BCUT2D eigenvalue weighted by Crippen LogP contribution is -2.55. The predicted octanol–water partition coefficient (Wildman–Crippen LogP) is -3.55. The number of carboxylic acid groups (broad SMARTS) is 3. The standard InChI is InChI=1S/C13H20N4O9/c1-5(11(23)17-7(13(25)26)3-10(21)22)15-12(24)6(2-9(19)20)16-8(18)4-14/h5-7H,2-4,14H2,1H3,(H,15,24)(H,16,18)(H,17,23)(H,19,20)(H,21,22)(H,25,26). The van der Waals surface area contributed by atoms with Gasteiger partial charge in [-0.25, -0.2) is 4.79 Å². The molecule has 3 atom stereocenters. The van der Waals surface area contributed by atoms with E-state index in [1.807, 2.05) is 5.32 Å². The van der Waals surface area contributed by atoms with Gasteiger partial charge < -0.3 is 37.0 Å². The highest BCUT2D eigenvalue weighted by Crippen LogP contribution is 1.98. The molecule has 0 bridgehead atoms. The van der Waals surface area contributed by atoms with Gasteiger partial charge in [0.25, 0.3) is 0 Å². The second-order valence-corrected chi connectivity index (χ2v) is 5.15. The van der Waals surface area contributed by atoms with Crippen molar-refractivity contribution in [1.29, 1.82) is 0 Å². The van der Waals surface area contributed by atoms with Crippen molar-refractivity contribution in [3.05, 3.63) is 0 Å². The van der Waals surface area contributed by atoms with E-state index >= 15 is 0 Å². The maximum Gasteiger partial charge on any atom is 0.326 e. The Hall–Kier alpha value is -3.22. The number of carbonyl (C=O) groups excluding carboxylic acids is 3. The van der Waals surface area contributed by atoms with Gasteiger partial charge >= 0.3 is 17.9 Å². The Balaban J connectivity index is 4.93. The molecular weight excluding hydrogens is 356 g/mol. The van der Waals surface area contributed by atoms with Crippen LogP contribution in [0.4, 0.5) is 0 Å². The first-order valence-corrected chi connectivity index (χ1v) is 7.24. The molecule has 0 aliphatic heterocycles. The minimum Gasteiger partial charge on any atom is -0.481 e. The summed E-state index contributed by atoms with van der Waals surface area (Å²) >= 11 is 0. The molecule has 0 spiro atoms. The normalized spacial score (nSPS) is 13.6. The van der Waals surface area contributed by atoms with Crippen LogP contribution in [0.2, 0.25) is 0 Å². The van der Waals surface area contributed by atoms with E-state index in [-0.39, 0.29) is 0 Å². The third kappa shape index (κ3) is 8.58. The molecule has 0 heterocycles. The summed E-state index contributed by atoms with van der Waals surface area (Å²) in [5.41, 5.74) is 5.06. The Labute approximate surface area is 146 Å². The number of hydrogen-bond donors (Lipinski definition) is 7. The van der Waals surface area contributed by atoms with Gasteiger partial charge in [-0.15, -0.1) is 0 Å². The summed E-state index contributed by atoms with van der Waals surface area (Å²) < 4.78 is 0. The Morgan fingerprint density at radius 1 is 0.808 bits per heavy atom. The molecule has 0 aromatic carbocycles. The van der Waals surface area contributed by atoms with Gasteiger partial charge in [-0.1, -0.05) is 0 Å². The first kappa shape index (κ1) is 22.8. The largest absolute Gasteiger partial charge is 0.481 e. The van der Waals surface area contributed by atoms with Crippen LogP contribution in [0, 0.1) is 0 Å². The van der Waals surface area contributed by atoms with E-state index in [0.29, 0.717) is 0 Å². The maximum atomic E-state index is 12.0. The molecule has 0 fully saturated rings. The van der Waals surface area contributed by atoms with Gasteiger partial charge in [0.2, 0.25) is 17.7 Å². The Bertz CT molecular complexity index is 592. The van der Waals surface area contributed by atoms with E-state index in [1.54, 1.807) is 0 Å². The molecule has 26 heavy (non-hydrogen) atoms. The third-order valence-electron chi connectivity index (χ3n) is 2.96. The van der Waals surface area contributed by atoms with Crippen LogP contribution in [0.3, 0.4) is 0 Å². The van der Waals surface area contributed by atoms with Crippen molar-refractivity contribution in [3.63, 3.8) is 0 Å². The molecule has 0 aliphatic rings. The molecular formula is C13H20N4O9. The Morgan fingerprint density at radius 3 is 1.73 bits per heavy atom. The summed E-state index contributed by atoms with van der Waals surface area (Å²) in [6.07, 6.45) is -1.65. The highest BCUT2D eigenvalue weighted by Gasteiger charge is 2.29. The number of aliphatic carboxylic acids is 3. The van der Waals surface area contributed by atoms with Crippen LogP contribution in [-0.2, 0) is 28.8 Å². The quantitative estimate of drug-likeness (QED) is 0.188. The minimum absolute atomic E-state index is 0.491. The highest BCUT2D eigenvalue weighted by molar-refractivity contribution is 5.95. The van der Waals surface area contributed by atoms with Crippen molar-refractivity contribution in [3.8, 4) is 0 Å². The van der Waals surface area contributed by atoms with Crippen LogP contribution < -0.4 is 21.7 Å². The molecule has 8 N–H and O–H groups in total. The van der Waals surface area contributed by atoms with Crippen molar-refractivity contribution in [1.82, 2.24) is 16.0 Å². The molecule has 0 aromatic heterocycles. The number of hydrogen-bond acceptors (Lipinski definition) is 7. The average molecular weight is 376 g/mol. The minimum atomic E-state index is -1.72. The van der Waals surface area contributed by atoms with Crippen molar-refractivity contribution >= 4 is 35.6 Å². The lowest BCUT2D eigenvalue weighted by atomic mass is 10.1. The third-order valence-corrected chi connectivity index (χ3v) is 2.96. The summed E-state index contributed by atoms with van der Waals surface area (Å²) in [5.74, 6) is -7.25. The second kappa shape index (κ2) is 10.6. The van der Waals surface area contributed by atoms with Gasteiger partial charge in [0.1, 0.15) is 18.1 Å². The van der Waals surface area contributed by atoms with Gasteiger partial charge in [-0.05, 0) is 6.92 Å². The van der Waals surface area contributed by atoms with E-state index in [4.69, 9.17) is 21.1 Å². The molecule has 0 saturated heterocycles. The van der Waals surface area contributed by atoms with Crippen LogP contribution in [0.15, 0.2) is 0 Å². The van der Waals surface area contributed by atoms with Gasteiger partial charge in [-0.3, -0.25) is 24.0 Å². The molecule has 0 aliphatic carbocycles. The number of carbonyl (C=O) groups is 6. The molecule has 0 saturated carbocycles. The van der Waals surface area contributed by atoms with Gasteiger partial charge in [-0.2, -0.15) is 0 Å². The van der Waals surface area contributed by atoms with Crippen molar-refractivity contribution in [2.24, 2.45) is 5.73 Å². The summed E-state index contributed by atoms with van der Waals surface area (Å²) in [4.78, 5) is 67.4. The molecule has 0 rings (SSSR count). The molecule has 3 amide bonds. The maximum absolute atomic E-state index is 12.0. The molecule has 0 aromatic rings. The average Bonchev–Trinajstić information content (AvgIpc) is 2.52. The van der Waals surface area contributed by atoms with E-state index in [0.717, 1.165) is 6.92 Å². The van der Waals surface area contributed by atoms with E-state index < -0.39 is 73.1 Å². The summed E-state index contributed by atoms with van der Waals surface area (Å²) in [6, 6.07) is -4.55. The van der Waals surface area contributed by atoms with Crippen molar-refractivity contribution in [2.75, 3.05) is 6.54 Å². The predicted molar refractivity (Wildman–Crippen MR) is 82.7 cm³/mol. The number of amides is 3. The fourth-order valence-electron chi connectivity index (χ4n) is 1.69. The first-order chi connectivity index (χ1) is 12.0. The molecule has 0 radical (unpaired) electrons. The number of nitrogens with one attached hydrogen (secondary N) is 3. The fraction of sp³-hybridized carbons (Fsp3) is 0.538. The zero-order chi connectivity index (χ0) is 20.4. The van der Waals surface area contributed by atoms with Crippen LogP contribution in [0.1, 0.15) is 19.8 Å². The Kier molecular flexibility index (Phi) is 9.29. The van der Waals surface area contributed by atoms with E-state index in [9.17, 15) is 28.8 Å². The summed E-state index contributed by atoms with van der Waals surface area (Å²) in [6.45, 7) is 0.671. The Morgan fingerprint density at radius 2 is 1.31 bits per heavy atom. The number of rotatable bonds is 11. The van der Waals surface area contributed by atoms with Crippen molar-refractivity contribution in [2.45, 2.75) is 37.9 Å². The van der Waals surface area contributed by atoms with Gasteiger partial charge in [0, 0.05) is 0 Å². The zero-order valence-corrected chi connectivity index (χ0v) is 13.7. The molecule has 3 unspecified atom stereocenters. The second-order valence-electron chi connectivity index (χ2n) is 5.15. The van der Waals surface area contributed by atoms with Gasteiger partial charge in [0.05, 0.1) is 19.4 Å². The van der Waals surface area contributed by atoms with E-state index in [2.05, 4.69) is 10.6 Å². The summed E-state index contributed by atoms with van der Waals surface area (Å²) in [7, 11) is 0. The van der Waals surface area contributed by atoms with Crippen LogP contribution >= 0.6 is 0 Å². The van der Waals surface area contributed by atoms with Gasteiger partial charge in [0.15, 0.2) is 0 Å². The number of nitrogens with two attached hydrogens (primary N) is 1. The molecule has 13 heteroatoms. The highest BCUT2D eigenvalue weighted by atomic mass is 16.4. The first-order valence-electron chi connectivity index (χ1n) is 7.24.